The number of benzene rings is 3. The zero-order valence-electron chi connectivity index (χ0n) is 23.0. The Bertz CT molecular complexity index is 1750. The summed E-state index contributed by atoms with van der Waals surface area (Å²) in [5, 5.41) is 9.82. The SMILES string of the molecule is O=C(Cc1ccc2c(c1)cc1n2[C@H](c2c(F)c(F)cc(F)c2F)Oc2cc(NC(=O)[C@@H]3CCCN3)ccc2-1)[C@@H]1CCCN1. The molecule has 2 fully saturated rings. The van der Waals surface area contributed by atoms with Crippen LogP contribution in [0.4, 0.5) is 23.2 Å². The third-order valence-electron chi connectivity index (χ3n) is 8.50. The summed E-state index contributed by atoms with van der Waals surface area (Å²) in [7, 11) is 0. The van der Waals surface area contributed by atoms with Gasteiger partial charge in [0.25, 0.3) is 0 Å². The van der Waals surface area contributed by atoms with Crippen LogP contribution in [-0.4, -0.2) is 41.4 Å². The van der Waals surface area contributed by atoms with Crippen LogP contribution in [0.5, 0.6) is 5.75 Å². The first-order valence-electron chi connectivity index (χ1n) is 14.4. The Kier molecular flexibility index (Phi) is 6.94. The number of nitrogens with zero attached hydrogens (tertiary/aromatic N) is 1. The molecule has 3 aromatic carbocycles. The van der Waals surface area contributed by atoms with Crippen molar-refractivity contribution in [3.05, 3.63) is 82.9 Å². The predicted octanol–water partition coefficient (Wildman–Crippen LogP) is 5.36. The van der Waals surface area contributed by atoms with Crippen molar-refractivity contribution in [2.45, 2.75) is 50.4 Å². The molecule has 0 bridgehead atoms. The van der Waals surface area contributed by atoms with Gasteiger partial charge in [0, 0.05) is 35.2 Å². The number of aromatic nitrogens is 1. The average Bonchev–Trinajstić information content (AvgIpc) is 3.77. The number of ketones is 1. The van der Waals surface area contributed by atoms with E-state index in [0.29, 0.717) is 34.3 Å². The second kappa shape index (κ2) is 10.8. The third-order valence-corrected chi connectivity index (χ3v) is 8.50. The minimum atomic E-state index is -1.61. The van der Waals surface area contributed by atoms with Gasteiger partial charge < -0.3 is 25.3 Å². The summed E-state index contributed by atoms with van der Waals surface area (Å²) in [6.45, 7) is 1.55. The number of anilines is 1. The molecule has 43 heavy (non-hydrogen) atoms. The summed E-state index contributed by atoms with van der Waals surface area (Å²) in [6.07, 6.45) is 1.91. The molecule has 1 amide bonds. The van der Waals surface area contributed by atoms with Gasteiger partial charge in [-0.2, -0.15) is 0 Å². The molecule has 2 saturated heterocycles. The van der Waals surface area contributed by atoms with Gasteiger partial charge in [-0.1, -0.05) is 6.07 Å². The molecule has 0 aliphatic carbocycles. The van der Waals surface area contributed by atoms with Gasteiger partial charge in [0.1, 0.15) is 5.75 Å². The van der Waals surface area contributed by atoms with Crippen molar-refractivity contribution in [1.82, 2.24) is 15.2 Å². The minimum Gasteiger partial charge on any atom is -0.465 e. The van der Waals surface area contributed by atoms with Crippen molar-refractivity contribution >= 4 is 28.3 Å². The Labute approximate surface area is 244 Å². The Balaban J connectivity index is 1.33. The van der Waals surface area contributed by atoms with Crippen LogP contribution < -0.4 is 20.7 Å². The second-order valence-corrected chi connectivity index (χ2v) is 11.3. The summed E-state index contributed by atoms with van der Waals surface area (Å²) in [4.78, 5) is 25.5. The third kappa shape index (κ3) is 4.86. The monoisotopic (exact) mass is 592 g/mol. The van der Waals surface area contributed by atoms with Gasteiger partial charge in [-0.05, 0) is 74.7 Å². The molecule has 4 heterocycles. The van der Waals surface area contributed by atoms with E-state index in [-0.39, 0.29) is 42.0 Å². The number of carbonyl (C=O) groups excluding carboxylic acids is 2. The highest BCUT2D eigenvalue weighted by Crippen LogP contribution is 2.46. The Morgan fingerprint density at radius 2 is 1.60 bits per heavy atom. The van der Waals surface area contributed by atoms with Crippen LogP contribution in [0, 0.1) is 23.3 Å². The molecular weight excluding hydrogens is 564 g/mol. The molecule has 7 nitrogen and oxygen atoms in total. The molecule has 11 heteroatoms. The number of halogens is 4. The number of Topliss-reactive ketones (excluding diaryl/α,β-unsaturated/α-hetero) is 1. The van der Waals surface area contributed by atoms with Gasteiger partial charge in [-0.25, -0.2) is 17.6 Å². The standard InChI is InChI=1S/C32H28F4N4O3/c33-20-15-21(34)30(36)28(29(20)35)32-40-24-8-5-16(12-26(41)22-3-1-9-37-22)11-17(24)13-25(40)19-7-6-18(14-27(19)43-32)39-31(42)23-4-2-10-38-23/h5-8,11,13-15,22-23,32,37-38H,1-4,9-10,12H2,(H,39,42)/t22-,23-,32-/m0/s1. The molecular formula is C32H28F4N4O3. The smallest absolute Gasteiger partial charge is 0.241 e. The highest BCUT2D eigenvalue weighted by molar-refractivity contribution is 5.96. The number of fused-ring (bicyclic) bond motifs is 5. The number of rotatable bonds is 6. The number of nitrogens with one attached hydrogen (secondary N) is 3. The van der Waals surface area contributed by atoms with Gasteiger partial charge in [0.05, 0.1) is 28.9 Å². The molecule has 3 atom stereocenters. The average molecular weight is 593 g/mol. The fourth-order valence-electron chi connectivity index (χ4n) is 6.36. The largest absolute Gasteiger partial charge is 0.465 e. The zero-order chi connectivity index (χ0) is 29.8. The van der Waals surface area contributed by atoms with Gasteiger partial charge in [0.2, 0.25) is 12.1 Å². The number of carbonyl (C=O) groups is 2. The highest BCUT2D eigenvalue weighted by atomic mass is 19.2. The van der Waals surface area contributed by atoms with Crippen molar-refractivity contribution in [2.24, 2.45) is 0 Å². The number of hydrogen-bond acceptors (Lipinski definition) is 5. The molecule has 0 saturated carbocycles. The lowest BCUT2D eigenvalue weighted by atomic mass is 10.0. The van der Waals surface area contributed by atoms with Gasteiger partial charge in [-0.3, -0.25) is 9.59 Å². The quantitative estimate of drug-likeness (QED) is 0.208. The first kappa shape index (κ1) is 27.6. The van der Waals surface area contributed by atoms with Crippen molar-refractivity contribution < 1.29 is 31.9 Å². The number of hydrogen-bond donors (Lipinski definition) is 3. The Hall–Kier alpha value is -4.22. The van der Waals surface area contributed by atoms with E-state index >= 15 is 8.78 Å². The van der Waals surface area contributed by atoms with E-state index in [1.807, 2.05) is 6.07 Å². The maximum absolute atomic E-state index is 15.2. The number of ether oxygens (including phenoxy) is 1. The zero-order valence-corrected chi connectivity index (χ0v) is 23.0. The molecule has 3 N–H and O–H groups in total. The summed E-state index contributed by atoms with van der Waals surface area (Å²) in [5.41, 5.74) is 1.77. The van der Waals surface area contributed by atoms with E-state index in [1.54, 1.807) is 30.3 Å². The van der Waals surface area contributed by atoms with E-state index in [2.05, 4.69) is 16.0 Å². The Morgan fingerprint density at radius 1 is 0.884 bits per heavy atom. The first-order valence-corrected chi connectivity index (χ1v) is 14.4. The fraction of sp³-hybridized carbons (Fsp3) is 0.312. The van der Waals surface area contributed by atoms with E-state index in [0.717, 1.165) is 37.9 Å². The summed E-state index contributed by atoms with van der Waals surface area (Å²) in [6, 6.07) is 11.6. The summed E-state index contributed by atoms with van der Waals surface area (Å²) in [5.74, 6) is -6.21. The second-order valence-electron chi connectivity index (χ2n) is 11.3. The van der Waals surface area contributed by atoms with Crippen molar-refractivity contribution in [3.8, 4) is 17.0 Å². The normalized spacial score (nSPS) is 21.0. The van der Waals surface area contributed by atoms with Crippen LogP contribution in [0.2, 0.25) is 0 Å². The van der Waals surface area contributed by atoms with E-state index in [9.17, 15) is 18.4 Å². The van der Waals surface area contributed by atoms with Gasteiger partial charge in [-0.15, -0.1) is 0 Å². The Morgan fingerprint density at radius 3 is 2.30 bits per heavy atom. The van der Waals surface area contributed by atoms with Crippen molar-refractivity contribution in [2.75, 3.05) is 18.4 Å². The molecule has 222 valence electrons. The van der Waals surface area contributed by atoms with Gasteiger partial charge in [0.15, 0.2) is 29.1 Å². The number of amides is 1. The van der Waals surface area contributed by atoms with Crippen LogP contribution in [0.25, 0.3) is 22.2 Å². The minimum absolute atomic E-state index is 0.0779. The van der Waals surface area contributed by atoms with Crippen LogP contribution in [-0.2, 0) is 16.0 Å². The molecule has 7 rings (SSSR count). The first-order chi connectivity index (χ1) is 20.8. The van der Waals surface area contributed by atoms with E-state index < -0.39 is 35.1 Å². The fourth-order valence-corrected chi connectivity index (χ4v) is 6.36. The van der Waals surface area contributed by atoms with Gasteiger partial charge >= 0.3 is 0 Å². The van der Waals surface area contributed by atoms with Crippen molar-refractivity contribution in [3.63, 3.8) is 0 Å². The van der Waals surface area contributed by atoms with Crippen molar-refractivity contribution in [1.29, 1.82) is 0 Å². The molecule has 3 aliphatic heterocycles. The maximum atomic E-state index is 15.2. The molecule has 3 aliphatic rings. The van der Waals surface area contributed by atoms with Crippen LogP contribution in [0.1, 0.15) is 43.0 Å². The lowest BCUT2D eigenvalue weighted by Gasteiger charge is -2.31. The molecule has 0 spiro atoms. The van der Waals surface area contributed by atoms with Crippen LogP contribution in [0.3, 0.4) is 0 Å². The molecule has 0 radical (unpaired) electrons. The van der Waals surface area contributed by atoms with Crippen LogP contribution >= 0.6 is 0 Å². The highest BCUT2D eigenvalue weighted by Gasteiger charge is 2.36. The van der Waals surface area contributed by atoms with Crippen LogP contribution in [0.15, 0.2) is 48.5 Å². The van der Waals surface area contributed by atoms with E-state index in [4.69, 9.17) is 4.74 Å². The molecule has 4 aromatic rings. The maximum Gasteiger partial charge on any atom is 0.241 e. The van der Waals surface area contributed by atoms with E-state index in [1.165, 1.54) is 10.6 Å². The summed E-state index contributed by atoms with van der Waals surface area (Å²) >= 11 is 0. The molecule has 1 aromatic heterocycles. The lowest BCUT2D eigenvalue weighted by molar-refractivity contribution is -0.120. The lowest BCUT2D eigenvalue weighted by Crippen LogP contribution is -2.35. The molecule has 0 unspecified atom stereocenters. The summed E-state index contributed by atoms with van der Waals surface area (Å²) < 4.78 is 66.8. The predicted molar refractivity (Wildman–Crippen MR) is 152 cm³/mol. The topological polar surface area (TPSA) is 84.4 Å².